The van der Waals surface area contributed by atoms with Crippen molar-refractivity contribution in [2.75, 3.05) is 13.2 Å². The van der Waals surface area contributed by atoms with E-state index in [9.17, 15) is 19.5 Å². The fourth-order valence-corrected chi connectivity index (χ4v) is 8.92. The molecule has 8 heteroatoms. The van der Waals surface area contributed by atoms with E-state index in [2.05, 4.69) is 6.92 Å². The highest BCUT2D eigenvalue weighted by Crippen LogP contribution is 2.42. The number of hydrogen-bond donors (Lipinski definition) is 1. The normalized spacial score (nSPS) is 18.9. The van der Waals surface area contributed by atoms with Crippen LogP contribution in [0.15, 0.2) is 97.1 Å². The van der Waals surface area contributed by atoms with E-state index in [4.69, 9.17) is 18.9 Å². The van der Waals surface area contributed by atoms with Crippen molar-refractivity contribution in [3.05, 3.63) is 114 Å². The number of hydrogen-bond acceptors (Lipinski definition) is 8. The number of aromatic hydroxyl groups is 1. The first-order valence-corrected chi connectivity index (χ1v) is 22.7. The molecule has 2 fully saturated rings. The van der Waals surface area contributed by atoms with Crippen LogP contribution in [0, 0.1) is 23.7 Å². The smallest absolute Gasteiger partial charge is 0.343 e. The van der Waals surface area contributed by atoms with Gasteiger partial charge in [-0.15, -0.1) is 0 Å². The maximum atomic E-state index is 13.0. The van der Waals surface area contributed by atoms with Crippen LogP contribution in [-0.4, -0.2) is 36.0 Å². The molecule has 320 valence electrons. The molecule has 0 heterocycles. The third-order valence-electron chi connectivity index (χ3n) is 12.5. The first-order chi connectivity index (χ1) is 29.4. The van der Waals surface area contributed by atoms with E-state index in [1.165, 1.54) is 57.4 Å². The van der Waals surface area contributed by atoms with Crippen molar-refractivity contribution < 1.29 is 38.4 Å². The average Bonchev–Trinajstić information content (AvgIpc) is 3.28. The number of carbonyl (C=O) groups is 3. The van der Waals surface area contributed by atoms with Crippen LogP contribution >= 0.6 is 0 Å². The molecule has 1 N–H and O–H groups in total. The molecule has 2 aliphatic carbocycles. The summed E-state index contributed by atoms with van der Waals surface area (Å²) in [5.41, 5.74) is 1.21. The molecule has 0 saturated heterocycles. The molecule has 0 unspecified atom stereocenters. The van der Waals surface area contributed by atoms with Crippen molar-refractivity contribution in [3.8, 4) is 28.7 Å². The van der Waals surface area contributed by atoms with E-state index >= 15 is 0 Å². The van der Waals surface area contributed by atoms with Gasteiger partial charge in [0.15, 0.2) is 5.78 Å². The minimum absolute atomic E-state index is 0.0466. The van der Waals surface area contributed by atoms with E-state index in [-0.39, 0.29) is 29.0 Å². The Morgan fingerprint density at radius 1 is 0.550 bits per heavy atom. The van der Waals surface area contributed by atoms with Gasteiger partial charge >= 0.3 is 11.9 Å². The summed E-state index contributed by atoms with van der Waals surface area (Å²) in [6, 6.07) is 27.4. The van der Waals surface area contributed by atoms with Crippen LogP contribution in [0.4, 0.5) is 0 Å². The molecule has 0 spiro atoms. The van der Waals surface area contributed by atoms with Gasteiger partial charge in [0.2, 0.25) is 0 Å². The fourth-order valence-electron chi connectivity index (χ4n) is 8.92. The van der Waals surface area contributed by atoms with E-state index in [0.29, 0.717) is 47.3 Å². The summed E-state index contributed by atoms with van der Waals surface area (Å²) in [4.78, 5) is 38.5. The summed E-state index contributed by atoms with van der Waals surface area (Å²) in [5, 5.41) is 10.4. The second kappa shape index (κ2) is 23.6. The second-order valence-corrected chi connectivity index (χ2v) is 16.9. The number of rotatable bonds is 22. The maximum absolute atomic E-state index is 13.0. The number of benzene rings is 4. The minimum Gasteiger partial charge on any atom is -0.507 e. The van der Waals surface area contributed by atoms with Crippen LogP contribution < -0.4 is 18.9 Å². The van der Waals surface area contributed by atoms with E-state index in [1.807, 2.05) is 6.07 Å². The van der Waals surface area contributed by atoms with Gasteiger partial charge in [0.25, 0.3) is 0 Å². The van der Waals surface area contributed by atoms with E-state index in [0.717, 1.165) is 82.0 Å². The SMILES string of the molecule is CCCCCC1CCC(C2CCC(C(=O)Oc3ccc(OC(=O)c4ccc(OCCCCCCCCOc5ccc(C(=O)c6ccccc6)c(O)c5)cc4)cc3)CC2)CC1. The highest BCUT2D eigenvalue weighted by atomic mass is 16.5. The lowest BCUT2D eigenvalue weighted by molar-refractivity contribution is -0.140. The first-order valence-electron chi connectivity index (χ1n) is 22.7. The first kappa shape index (κ1) is 44.4. The lowest BCUT2D eigenvalue weighted by atomic mass is 9.68. The number of carbonyl (C=O) groups excluding carboxylic acids is 3. The number of ketones is 1. The molecule has 60 heavy (non-hydrogen) atoms. The quantitative estimate of drug-likeness (QED) is 0.0361. The monoisotopic (exact) mass is 816 g/mol. The topological polar surface area (TPSA) is 108 Å². The third kappa shape index (κ3) is 13.7. The molecule has 2 aliphatic rings. The Morgan fingerprint density at radius 3 is 1.72 bits per heavy atom. The van der Waals surface area contributed by atoms with Crippen LogP contribution in [0.1, 0.15) is 149 Å². The van der Waals surface area contributed by atoms with Crippen molar-refractivity contribution >= 4 is 17.7 Å². The molecule has 0 bridgehead atoms. The number of unbranched alkanes of at least 4 members (excludes halogenated alkanes) is 7. The van der Waals surface area contributed by atoms with Crippen molar-refractivity contribution in [1.82, 2.24) is 0 Å². The van der Waals surface area contributed by atoms with Gasteiger partial charge < -0.3 is 24.1 Å². The molecule has 0 radical (unpaired) electrons. The fraction of sp³-hybridized carbons (Fsp3) is 0.481. The number of phenolic OH excluding ortho intramolecular Hbond substituents is 1. The highest BCUT2D eigenvalue weighted by molar-refractivity contribution is 6.10. The summed E-state index contributed by atoms with van der Waals surface area (Å²) < 4.78 is 23.0. The summed E-state index contributed by atoms with van der Waals surface area (Å²) in [5.74, 6) is 3.66. The molecular weight excluding hydrogens is 753 g/mol. The van der Waals surface area contributed by atoms with Gasteiger partial charge in [-0.1, -0.05) is 101 Å². The van der Waals surface area contributed by atoms with Gasteiger partial charge in [-0.2, -0.15) is 0 Å². The Kier molecular flexibility index (Phi) is 17.5. The summed E-state index contributed by atoms with van der Waals surface area (Å²) in [6.07, 6.45) is 21.1. The Labute approximate surface area is 357 Å². The summed E-state index contributed by atoms with van der Waals surface area (Å²) >= 11 is 0. The van der Waals surface area contributed by atoms with Gasteiger partial charge in [-0.25, -0.2) is 4.79 Å². The molecule has 4 aromatic carbocycles. The van der Waals surface area contributed by atoms with Crippen LogP contribution in [-0.2, 0) is 4.79 Å². The maximum Gasteiger partial charge on any atom is 0.343 e. The van der Waals surface area contributed by atoms with Crippen molar-refractivity contribution in [1.29, 1.82) is 0 Å². The molecule has 0 aromatic heterocycles. The zero-order valence-electron chi connectivity index (χ0n) is 35.5. The number of phenols is 1. The highest BCUT2D eigenvalue weighted by Gasteiger charge is 2.33. The third-order valence-corrected chi connectivity index (χ3v) is 12.5. The zero-order valence-corrected chi connectivity index (χ0v) is 35.5. The van der Waals surface area contributed by atoms with Crippen molar-refractivity contribution in [2.24, 2.45) is 23.7 Å². The summed E-state index contributed by atoms with van der Waals surface area (Å²) in [6.45, 7) is 3.42. The van der Waals surface area contributed by atoms with Gasteiger partial charge in [0.1, 0.15) is 28.7 Å². The largest absolute Gasteiger partial charge is 0.507 e. The molecule has 0 amide bonds. The van der Waals surface area contributed by atoms with E-state index < -0.39 is 5.97 Å². The molecule has 8 nitrogen and oxygen atoms in total. The Morgan fingerprint density at radius 2 is 1.10 bits per heavy atom. The van der Waals surface area contributed by atoms with Gasteiger partial charge in [-0.3, -0.25) is 9.59 Å². The molecule has 4 aromatic rings. The second-order valence-electron chi connectivity index (χ2n) is 16.9. The standard InChI is InChI=1S/C52H64O8/c1-2-3-9-14-38-17-19-39(20-18-38)40-21-23-42(24-22-40)51(55)59-45-29-31-46(32-30-45)60-52(56)43-25-27-44(28-26-43)57-35-12-6-4-5-7-13-36-58-47-33-34-48(49(53)37-47)50(54)41-15-10-8-11-16-41/h8,10-11,15-16,25-34,37-40,42,53H,2-7,9,12-14,17-24,35-36H2,1H3. The van der Waals surface area contributed by atoms with Gasteiger partial charge in [-0.05, 0) is 130 Å². The Bertz CT molecular complexity index is 1910. The summed E-state index contributed by atoms with van der Waals surface area (Å²) in [7, 11) is 0. The minimum atomic E-state index is -0.468. The van der Waals surface area contributed by atoms with Crippen LogP contribution in [0.5, 0.6) is 28.7 Å². The predicted octanol–water partition coefficient (Wildman–Crippen LogP) is 12.7. The Hall–Kier alpha value is -5.11. The number of esters is 2. The van der Waals surface area contributed by atoms with Gasteiger partial charge in [0, 0.05) is 11.6 Å². The molecule has 0 aliphatic heterocycles. The average molecular weight is 817 g/mol. The molecule has 0 atom stereocenters. The lowest BCUT2D eigenvalue weighted by Crippen LogP contribution is -2.30. The Balaban J connectivity index is 0.791. The van der Waals surface area contributed by atoms with Crippen molar-refractivity contribution in [3.63, 3.8) is 0 Å². The number of ether oxygens (including phenoxy) is 4. The van der Waals surface area contributed by atoms with Crippen LogP contribution in [0.25, 0.3) is 0 Å². The molecule has 2 saturated carbocycles. The van der Waals surface area contributed by atoms with E-state index in [1.54, 1.807) is 84.9 Å². The molecule has 6 rings (SSSR count). The zero-order chi connectivity index (χ0) is 41.9. The lowest BCUT2D eigenvalue weighted by Gasteiger charge is -2.37. The van der Waals surface area contributed by atoms with Crippen LogP contribution in [0.3, 0.4) is 0 Å². The van der Waals surface area contributed by atoms with Crippen LogP contribution in [0.2, 0.25) is 0 Å². The predicted molar refractivity (Wildman–Crippen MR) is 235 cm³/mol. The van der Waals surface area contributed by atoms with Crippen molar-refractivity contribution in [2.45, 2.75) is 122 Å². The van der Waals surface area contributed by atoms with Gasteiger partial charge in [0.05, 0.1) is 30.3 Å². The molecular formula is C52H64O8.